The van der Waals surface area contributed by atoms with Crippen molar-refractivity contribution < 1.29 is 168 Å². The fraction of sp³-hybridized carbons (Fsp3) is 0.955. The summed E-state index contributed by atoms with van der Waals surface area (Å²) >= 11 is 0. The van der Waals surface area contributed by atoms with Crippen molar-refractivity contribution in [2.24, 2.45) is 50.2 Å². The van der Waals surface area contributed by atoms with Gasteiger partial charge in [-0.3, -0.25) is 4.79 Å². The number of carbonyl (C=O) groups excluding carboxylic acids is 1. The largest absolute Gasteiger partial charge is 0.432 e. The maximum Gasteiger partial charge on any atom is 0.315 e. The molecule has 0 unspecified atom stereocenters. The molecule has 4 saturated carbocycles. The standard InChI is InChI=1S/C67H108O34/c1-26-46(95-55-43(82)47(33(75)22-90-55)96-59-51(85)67(87,24-70)25-92-59)49(98-54-42(81)38(77)31(73)20-89-54)45(84)56(93-26)99-50-39(78)32(74)21-91-58(50)101-60(86)66-14-12-61(2,3)16-28(66)27-8-9-36-62(4)17-29(71)52(63(5,23-69)35(62)10-11-65(36,7)64(27,6)13-15-66)100-57-44(83)48(40(79)34(18-68)94-57)97-53-41(80)37(76)30(72)19-88-53/h8,26,28-59,68-85,87H,9-25H2,1-7H3/t26-,28-,29-,30+,31-,32-,33+,34+,35+,36+,37-,38-,39+,40+,41+,42+,43+,44+,45+,46-,47-,48-,49+,50-,51-,52-,53-,54-,55-,56-,57-,58+,59-,62-,63-,64+,65+,66-,67+/m0/s1. The summed E-state index contributed by atoms with van der Waals surface area (Å²) in [6, 6.07) is 0. The molecule has 0 bridgehead atoms. The Bertz CT molecular complexity index is 2880. The van der Waals surface area contributed by atoms with Gasteiger partial charge >= 0.3 is 5.97 Å². The Kier molecular flexibility index (Phi) is 22.8. The van der Waals surface area contributed by atoms with E-state index in [1.54, 1.807) is 0 Å². The first-order chi connectivity index (χ1) is 47.5. The van der Waals surface area contributed by atoms with Crippen molar-refractivity contribution in [1.82, 2.24) is 0 Å². The minimum absolute atomic E-state index is 0.119. The summed E-state index contributed by atoms with van der Waals surface area (Å²) in [4.78, 5) is 15.7. The molecule has 0 aromatic rings. The van der Waals surface area contributed by atoms with Gasteiger partial charge in [-0.05, 0) is 104 Å². The highest BCUT2D eigenvalue weighted by Gasteiger charge is 2.72. The van der Waals surface area contributed by atoms with E-state index in [1.807, 2.05) is 6.92 Å². The van der Waals surface area contributed by atoms with Gasteiger partial charge < -0.3 is 163 Å². The van der Waals surface area contributed by atoms with Crippen LogP contribution in [-0.2, 0) is 71.1 Å². The molecule has 0 radical (unpaired) electrons. The van der Waals surface area contributed by atoms with E-state index in [2.05, 4.69) is 40.7 Å². The second-order valence-electron chi connectivity index (χ2n) is 32.6. The Morgan fingerprint density at radius 3 is 1.64 bits per heavy atom. The number of ether oxygens (including phenoxy) is 14. The van der Waals surface area contributed by atoms with Crippen LogP contribution in [0.2, 0.25) is 0 Å². The van der Waals surface area contributed by atoms with Gasteiger partial charge in [0.2, 0.25) is 6.29 Å². The van der Waals surface area contributed by atoms with E-state index in [0.29, 0.717) is 51.4 Å². The zero-order valence-electron chi connectivity index (χ0n) is 57.8. The topological polar surface area (TPSA) is 531 Å². The zero-order valence-corrected chi connectivity index (χ0v) is 57.8. The molecule has 12 aliphatic rings. The van der Waals surface area contributed by atoms with Gasteiger partial charge in [0.15, 0.2) is 43.8 Å². The average Bonchev–Trinajstić information content (AvgIpc) is 0.946. The van der Waals surface area contributed by atoms with Crippen molar-refractivity contribution in [2.45, 2.75) is 296 Å². The molecule has 7 aliphatic heterocycles. The Hall–Kier alpha value is -2.07. The second kappa shape index (κ2) is 29.4. The lowest BCUT2D eigenvalue weighted by Gasteiger charge is -2.72. The lowest BCUT2D eigenvalue weighted by molar-refractivity contribution is -0.390. The molecule has 34 nitrogen and oxygen atoms in total. The van der Waals surface area contributed by atoms with E-state index < -0.39 is 282 Å². The number of aliphatic hydroxyl groups is 19. The van der Waals surface area contributed by atoms with Crippen LogP contribution in [0.4, 0.5) is 0 Å². The van der Waals surface area contributed by atoms with Crippen LogP contribution >= 0.6 is 0 Å². The van der Waals surface area contributed by atoms with Crippen LogP contribution < -0.4 is 0 Å². The van der Waals surface area contributed by atoms with Crippen LogP contribution in [0.5, 0.6) is 0 Å². The van der Waals surface area contributed by atoms with Gasteiger partial charge in [0.25, 0.3) is 0 Å². The van der Waals surface area contributed by atoms with Crippen molar-refractivity contribution >= 4 is 5.97 Å². The molecule has 0 amide bonds. The Morgan fingerprint density at radius 1 is 0.495 bits per heavy atom. The van der Waals surface area contributed by atoms with Gasteiger partial charge in [-0.25, -0.2) is 0 Å². The third-order valence-electron chi connectivity index (χ3n) is 26.0. The molecule has 0 spiro atoms. The molecule has 39 atom stereocenters. The molecule has 12 rings (SSSR count). The molecule has 11 fully saturated rings. The molecule has 101 heavy (non-hydrogen) atoms. The van der Waals surface area contributed by atoms with E-state index >= 15 is 4.79 Å². The average molecular weight is 1460 g/mol. The van der Waals surface area contributed by atoms with E-state index in [9.17, 15) is 97.0 Å². The monoisotopic (exact) mass is 1460 g/mol. The molecule has 5 aliphatic carbocycles. The predicted molar refractivity (Wildman–Crippen MR) is 332 cm³/mol. The number of allylic oxidation sites excluding steroid dienone is 2. The summed E-state index contributed by atoms with van der Waals surface area (Å²) in [5.74, 6) is -1.50. The molecule has 19 N–H and O–H groups in total. The summed E-state index contributed by atoms with van der Waals surface area (Å²) in [5.41, 5.74) is -5.42. The second-order valence-corrected chi connectivity index (χ2v) is 32.6. The number of hydrogen-bond acceptors (Lipinski definition) is 34. The Labute approximate surface area is 583 Å². The normalized spacial score (nSPS) is 55.3. The number of aliphatic hydroxyl groups excluding tert-OH is 18. The molecular weight excluding hydrogens is 1350 g/mol. The van der Waals surface area contributed by atoms with Gasteiger partial charge in [-0.2, -0.15) is 0 Å². The molecule has 7 saturated heterocycles. The van der Waals surface area contributed by atoms with Crippen LogP contribution in [0.3, 0.4) is 0 Å². The van der Waals surface area contributed by atoms with Gasteiger partial charge in [0, 0.05) is 5.41 Å². The maximum absolute atomic E-state index is 15.7. The van der Waals surface area contributed by atoms with Crippen molar-refractivity contribution in [3.63, 3.8) is 0 Å². The third kappa shape index (κ3) is 13.5. The summed E-state index contributed by atoms with van der Waals surface area (Å²) in [6.07, 6.45) is -43.9. The number of hydrogen-bond donors (Lipinski definition) is 19. The van der Waals surface area contributed by atoms with E-state index in [0.717, 1.165) is 5.57 Å². The quantitative estimate of drug-likeness (QED) is 0.0366. The predicted octanol–water partition coefficient (Wildman–Crippen LogP) is -6.39. The number of esters is 1. The smallest absolute Gasteiger partial charge is 0.315 e. The summed E-state index contributed by atoms with van der Waals surface area (Å²) in [6.45, 7) is 9.39. The van der Waals surface area contributed by atoms with Gasteiger partial charge in [0.05, 0.1) is 76.6 Å². The fourth-order valence-corrected chi connectivity index (χ4v) is 19.7. The molecule has 0 aromatic carbocycles. The highest BCUT2D eigenvalue weighted by Crippen LogP contribution is 2.76. The van der Waals surface area contributed by atoms with Crippen molar-refractivity contribution in [3.8, 4) is 0 Å². The molecule has 34 heteroatoms. The summed E-state index contributed by atoms with van der Waals surface area (Å²) in [5, 5.41) is 210. The first-order valence-corrected chi connectivity index (χ1v) is 35.5. The first-order valence-electron chi connectivity index (χ1n) is 35.5. The minimum atomic E-state index is -2.13. The van der Waals surface area contributed by atoms with Crippen LogP contribution in [0.25, 0.3) is 0 Å². The van der Waals surface area contributed by atoms with Crippen molar-refractivity contribution in [1.29, 1.82) is 0 Å². The van der Waals surface area contributed by atoms with Crippen LogP contribution in [0.15, 0.2) is 11.6 Å². The van der Waals surface area contributed by atoms with E-state index in [4.69, 9.17) is 66.3 Å². The number of carbonyl (C=O) groups is 1. The molecule has 0 aromatic heterocycles. The van der Waals surface area contributed by atoms with Gasteiger partial charge in [0.1, 0.15) is 122 Å². The maximum atomic E-state index is 15.7. The Morgan fingerprint density at radius 2 is 1.03 bits per heavy atom. The van der Waals surface area contributed by atoms with Crippen LogP contribution in [-0.4, -0.2) is 346 Å². The first kappa shape index (κ1) is 78.5. The van der Waals surface area contributed by atoms with E-state index in [1.165, 1.54) is 6.92 Å². The SMILES string of the molecule is C[C@@H]1O[C@@H](O[C@@H]2[C@@H](OC(=O)[C@]34CCC(C)(C)C[C@H]3C3=CC[C@@H]5[C@@]6(C)C[C@H](O)[C@H](O[C@@H]7O[C@H](CO)[C@@H](O)[C@H](O[C@@H]8OC[C@@H](O)[C@H](O)[C@H]8O)[C@H]7O)[C@@](C)(CO)[C@@H]6CC[C@@]5(C)[C@]3(C)CC4)OC[C@H](O)[C@H]2O)[C@H](O)[C@@H](O[C@@H]2OC[C@H](O)[C@H](O)[C@H]2O)[C@H]1O[C@@H]1OC[C@@H](O)[C@H](O[C@@H]2OC[C@](O)(CO)[C@H]2O)[C@H]1O. The van der Waals surface area contributed by atoms with Crippen LogP contribution in [0, 0.1) is 50.2 Å². The zero-order chi connectivity index (χ0) is 73.3. The Balaban J connectivity index is 0.771. The lowest BCUT2D eigenvalue weighted by Crippen LogP contribution is -2.70. The minimum Gasteiger partial charge on any atom is -0.432 e. The lowest BCUT2D eigenvalue weighted by atomic mass is 9.33. The van der Waals surface area contributed by atoms with Crippen LogP contribution in [0.1, 0.15) is 106 Å². The highest BCUT2D eigenvalue weighted by atomic mass is 16.8. The van der Waals surface area contributed by atoms with E-state index in [-0.39, 0.29) is 23.7 Å². The van der Waals surface area contributed by atoms with Crippen molar-refractivity contribution in [2.75, 3.05) is 52.9 Å². The summed E-state index contributed by atoms with van der Waals surface area (Å²) < 4.78 is 83.5. The fourth-order valence-electron chi connectivity index (χ4n) is 19.7. The number of fused-ring (bicyclic) bond motifs is 7. The molecular formula is C67H108O34. The summed E-state index contributed by atoms with van der Waals surface area (Å²) in [7, 11) is 0. The highest BCUT2D eigenvalue weighted by molar-refractivity contribution is 5.79. The van der Waals surface area contributed by atoms with Gasteiger partial charge in [-0.15, -0.1) is 0 Å². The number of rotatable bonds is 17. The molecule has 7 heterocycles. The van der Waals surface area contributed by atoms with Crippen molar-refractivity contribution in [3.05, 3.63) is 11.6 Å². The third-order valence-corrected chi connectivity index (χ3v) is 26.0. The van der Waals surface area contributed by atoms with Gasteiger partial charge in [-0.1, -0.05) is 53.2 Å². The molecule has 580 valence electrons.